The van der Waals surface area contributed by atoms with E-state index in [0.717, 1.165) is 10.9 Å². The molecular weight excluding hydrogens is 339 g/mol. The van der Waals surface area contributed by atoms with E-state index in [9.17, 15) is 4.79 Å². The number of rotatable bonds is 5. The van der Waals surface area contributed by atoms with Crippen molar-refractivity contribution >= 4 is 50.7 Å². The van der Waals surface area contributed by atoms with Gasteiger partial charge in [0.15, 0.2) is 0 Å². The van der Waals surface area contributed by atoms with E-state index in [1.807, 2.05) is 6.92 Å². The molecule has 3 nitrogen and oxygen atoms in total. The summed E-state index contributed by atoms with van der Waals surface area (Å²) < 4.78 is 0.725. The summed E-state index contributed by atoms with van der Waals surface area (Å²) in [7, 11) is 0. The Morgan fingerprint density at radius 2 is 2.06 bits per heavy atom. The van der Waals surface area contributed by atoms with Gasteiger partial charge in [0.05, 0.1) is 15.7 Å². The van der Waals surface area contributed by atoms with Crippen LogP contribution in [-0.2, 0) is 4.79 Å². The minimum atomic E-state index is -0.369. The third kappa shape index (κ3) is 4.04. The maximum atomic E-state index is 11.7. The van der Waals surface area contributed by atoms with Crippen LogP contribution in [0.4, 0.5) is 5.69 Å². The van der Waals surface area contributed by atoms with Crippen molar-refractivity contribution in [3.05, 3.63) is 26.7 Å². The number of benzene rings is 1. The van der Waals surface area contributed by atoms with Crippen LogP contribution < -0.4 is 10.6 Å². The fraction of sp³-hybridized carbons (Fsp3) is 0.417. The van der Waals surface area contributed by atoms with Crippen LogP contribution in [0, 0.1) is 0 Å². The summed E-state index contributed by atoms with van der Waals surface area (Å²) in [4.78, 5) is 11.7. The zero-order chi connectivity index (χ0) is 13.7. The van der Waals surface area contributed by atoms with Gasteiger partial charge in [-0.05, 0) is 41.4 Å². The van der Waals surface area contributed by atoms with Gasteiger partial charge in [-0.1, -0.05) is 30.1 Å². The predicted octanol–water partition coefficient (Wildman–Crippen LogP) is 4.08. The molecule has 0 spiro atoms. The minimum Gasteiger partial charge on any atom is -0.373 e. The summed E-state index contributed by atoms with van der Waals surface area (Å²) in [5.74, 6) is -0.0630. The lowest BCUT2D eigenvalue weighted by Gasteiger charge is -2.16. The third-order valence-electron chi connectivity index (χ3n) is 2.35. The summed E-state index contributed by atoms with van der Waals surface area (Å²) in [6.07, 6.45) is 0.906. The molecule has 0 aliphatic rings. The predicted molar refractivity (Wildman–Crippen MR) is 80.5 cm³/mol. The highest BCUT2D eigenvalue weighted by Gasteiger charge is 2.15. The van der Waals surface area contributed by atoms with Crippen LogP contribution in [0.3, 0.4) is 0 Å². The van der Waals surface area contributed by atoms with E-state index in [2.05, 4.69) is 26.6 Å². The van der Waals surface area contributed by atoms with E-state index in [0.29, 0.717) is 22.3 Å². The summed E-state index contributed by atoms with van der Waals surface area (Å²) in [5.41, 5.74) is 0.643. The average Bonchev–Trinajstić information content (AvgIpc) is 2.36. The molecule has 1 unspecified atom stereocenters. The number of anilines is 1. The van der Waals surface area contributed by atoms with Crippen molar-refractivity contribution in [2.75, 3.05) is 11.9 Å². The van der Waals surface area contributed by atoms with Gasteiger partial charge in [-0.15, -0.1) is 0 Å². The van der Waals surface area contributed by atoms with Crippen molar-refractivity contribution in [1.82, 2.24) is 5.32 Å². The molecule has 0 bridgehead atoms. The summed E-state index contributed by atoms with van der Waals surface area (Å²) in [6, 6.07) is 3.20. The van der Waals surface area contributed by atoms with E-state index in [1.165, 1.54) is 0 Å². The van der Waals surface area contributed by atoms with Crippen molar-refractivity contribution in [3.63, 3.8) is 0 Å². The molecule has 0 aliphatic heterocycles. The molecule has 0 saturated carbocycles. The van der Waals surface area contributed by atoms with Gasteiger partial charge in [-0.25, -0.2) is 0 Å². The van der Waals surface area contributed by atoms with Gasteiger partial charge in [0.2, 0.25) is 5.91 Å². The van der Waals surface area contributed by atoms with Crippen LogP contribution in [0.1, 0.15) is 20.3 Å². The van der Waals surface area contributed by atoms with Crippen molar-refractivity contribution in [1.29, 1.82) is 0 Å². The minimum absolute atomic E-state index is 0.0630. The first-order chi connectivity index (χ1) is 8.47. The zero-order valence-corrected chi connectivity index (χ0v) is 13.3. The number of carbonyl (C=O) groups is 1. The van der Waals surface area contributed by atoms with E-state index >= 15 is 0 Å². The maximum Gasteiger partial charge on any atom is 0.242 e. The normalized spacial score (nSPS) is 12.1. The molecule has 1 rings (SSSR count). The number of carbonyl (C=O) groups excluding carboxylic acids is 1. The largest absolute Gasteiger partial charge is 0.373 e. The number of hydrogen-bond donors (Lipinski definition) is 2. The molecule has 0 heterocycles. The van der Waals surface area contributed by atoms with Gasteiger partial charge in [-0.3, -0.25) is 4.79 Å². The van der Waals surface area contributed by atoms with Gasteiger partial charge in [0.25, 0.3) is 0 Å². The summed E-state index contributed by atoms with van der Waals surface area (Å²) in [6.45, 7) is 4.45. The van der Waals surface area contributed by atoms with Crippen molar-refractivity contribution < 1.29 is 4.79 Å². The standard InChI is InChI=1S/C12H15BrCl2N2O/c1-3-6-16-12(18)7(2)17-9-5-4-8(13)10(14)11(9)15/h4-5,7,17H,3,6H2,1-2H3,(H,16,18). The highest BCUT2D eigenvalue weighted by atomic mass is 79.9. The zero-order valence-electron chi connectivity index (χ0n) is 10.2. The molecule has 0 saturated heterocycles. The second-order valence-corrected chi connectivity index (χ2v) is 5.49. The van der Waals surface area contributed by atoms with Crippen LogP contribution in [0.25, 0.3) is 0 Å². The quantitative estimate of drug-likeness (QED) is 0.783. The molecule has 0 fully saturated rings. The molecule has 2 N–H and O–H groups in total. The van der Waals surface area contributed by atoms with Crippen LogP contribution in [0.15, 0.2) is 16.6 Å². The van der Waals surface area contributed by atoms with Crippen molar-refractivity contribution in [2.45, 2.75) is 26.3 Å². The van der Waals surface area contributed by atoms with Crippen LogP contribution in [0.2, 0.25) is 10.0 Å². The SMILES string of the molecule is CCCNC(=O)C(C)Nc1ccc(Br)c(Cl)c1Cl. The topological polar surface area (TPSA) is 41.1 Å². The maximum absolute atomic E-state index is 11.7. The average molecular weight is 354 g/mol. The second-order valence-electron chi connectivity index (χ2n) is 3.88. The lowest BCUT2D eigenvalue weighted by Crippen LogP contribution is -2.37. The Morgan fingerprint density at radius 3 is 2.67 bits per heavy atom. The summed E-state index contributed by atoms with van der Waals surface area (Å²) >= 11 is 15.4. The van der Waals surface area contributed by atoms with Gasteiger partial charge < -0.3 is 10.6 Å². The first-order valence-corrected chi connectivity index (χ1v) is 7.20. The molecule has 0 aliphatic carbocycles. The summed E-state index contributed by atoms with van der Waals surface area (Å²) in [5, 5.41) is 6.69. The Morgan fingerprint density at radius 1 is 1.39 bits per heavy atom. The molecule has 18 heavy (non-hydrogen) atoms. The van der Waals surface area contributed by atoms with Crippen LogP contribution in [-0.4, -0.2) is 18.5 Å². The highest BCUT2D eigenvalue weighted by Crippen LogP contribution is 2.36. The Balaban J connectivity index is 2.73. The Hall–Kier alpha value is -0.450. The molecule has 1 amide bonds. The molecule has 100 valence electrons. The molecule has 1 aromatic carbocycles. The Labute approximate surface area is 125 Å². The van der Waals surface area contributed by atoms with Gasteiger partial charge in [0, 0.05) is 11.0 Å². The fourth-order valence-electron chi connectivity index (χ4n) is 1.34. The first kappa shape index (κ1) is 15.6. The van der Waals surface area contributed by atoms with Gasteiger partial charge in [-0.2, -0.15) is 0 Å². The lowest BCUT2D eigenvalue weighted by molar-refractivity contribution is -0.121. The molecule has 1 atom stereocenters. The third-order valence-corrected chi connectivity index (χ3v) is 4.12. The molecule has 0 radical (unpaired) electrons. The van der Waals surface area contributed by atoms with E-state index in [-0.39, 0.29) is 11.9 Å². The number of amides is 1. The Bertz CT molecular complexity index is 440. The van der Waals surface area contributed by atoms with Crippen molar-refractivity contribution in [3.8, 4) is 0 Å². The van der Waals surface area contributed by atoms with E-state index in [4.69, 9.17) is 23.2 Å². The van der Waals surface area contributed by atoms with E-state index < -0.39 is 0 Å². The number of nitrogens with one attached hydrogen (secondary N) is 2. The number of hydrogen-bond acceptors (Lipinski definition) is 2. The van der Waals surface area contributed by atoms with Gasteiger partial charge >= 0.3 is 0 Å². The first-order valence-electron chi connectivity index (χ1n) is 5.65. The van der Waals surface area contributed by atoms with Crippen molar-refractivity contribution in [2.24, 2.45) is 0 Å². The van der Waals surface area contributed by atoms with Gasteiger partial charge in [0.1, 0.15) is 6.04 Å². The second kappa shape index (κ2) is 7.22. The molecule has 1 aromatic rings. The van der Waals surface area contributed by atoms with E-state index in [1.54, 1.807) is 19.1 Å². The lowest BCUT2D eigenvalue weighted by atomic mass is 10.2. The van der Waals surface area contributed by atoms with Crippen LogP contribution >= 0.6 is 39.1 Å². The molecule has 0 aromatic heterocycles. The molecule has 6 heteroatoms. The fourth-order valence-corrected chi connectivity index (χ4v) is 2.17. The highest BCUT2D eigenvalue weighted by molar-refractivity contribution is 9.10. The van der Waals surface area contributed by atoms with Crippen LogP contribution in [0.5, 0.6) is 0 Å². The smallest absolute Gasteiger partial charge is 0.242 e. The Kier molecular flexibility index (Phi) is 6.26. The number of halogens is 3. The monoisotopic (exact) mass is 352 g/mol. The molecular formula is C12H15BrCl2N2O.